The Hall–Kier alpha value is -0.485. The maximum absolute atomic E-state index is 9.50. The number of nitrogens with zero attached hydrogens (tertiary/aromatic N) is 1. The van der Waals surface area contributed by atoms with Crippen molar-refractivity contribution in [3.05, 3.63) is 0 Å². The van der Waals surface area contributed by atoms with Crippen molar-refractivity contribution < 1.29 is 5.11 Å². The monoisotopic (exact) mass is 177 g/mol. The van der Waals surface area contributed by atoms with Gasteiger partial charge in [-0.15, -0.1) is 0 Å². The van der Waals surface area contributed by atoms with E-state index in [1.54, 1.807) is 0 Å². The molecule has 3 heteroatoms. The normalized spacial score (nSPS) is 32.0. The maximum Gasteiger partial charge on any atom is 0.267 e. The van der Waals surface area contributed by atoms with E-state index in [4.69, 9.17) is 5.26 Å². The van der Waals surface area contributed by atoms with Crippen LogP contribution < -0.4 is 0 Å². The van der Waals surface area contributed by atoms with E-state index >= 15 is 0 Å². The van der Waals surface area contributed by atoms with Crippen LogP contribution in [0.25, 0.3) is 0 Å². The van der Waals surface area contributed by atoms with Crippen LogP contribution in [0.2, 0.25) is 12.6 Å². The van der Waals surface area contributed by atoms with Gasteiger partial charge >= 0.3 is 0 Å². The van der Waals surface area contributed by atoms with E-state index in [2.05, 4.69) is 5.97 Å². The van der Waals surface area contributed by atoms with Gasteiger partial charge in [-0.2, -0.15) is 0 Å². The fraction of sp³-hybridized carbons (Fsp3) is 0.900. The smallest absolute Gasteiger partial charge is 0.267 e. The van der Waals surface area contributed by atoms with E-state index < -0.39 is 0 Å². The van der Waals surface area contributed by atoms with Crippen LogP contribution in [-0.2, 0) is 0 Å². The molecule has 0 aromatic carbocycles. The van der Waals surface area contributed by atoms with Crippen LogP contribution in [0.4, 0.5) is 0 Å². The zero-order chi connectivity index (χ0) is 9.31. The summed E-state index contributed by atoms with van der Waals surface area (Å²) in [6, 6.07) is 0. The van der Waals surface area contributed by atoms with Gasteiger partial charge in [-0.25, -0.2) is 5.26 Å². The molecule has 1 atom stereocenters. The second-order valence-corrected chi connectivity index (χ2v) is 4.80. The highest BCUT2D eigenvalue weighted by Crippen LogP contribution is 2.49. The number of hydrogen-bond donors (Lipinski definition) is 1. The molecule has 1 aliphatic heterocycles. The second-order valence-electron chi connectivity index (χ2n) is 4.80. The first-order chi connectivity index (χ1) is 6.24. The average molecular weight is 177 g/mol. The molecule has 13 heavy (non-hydrogen) atoms. The lowest BCUT2D eigenvalue weighted by Crippen LogP contribution is -2.28. The third-order valence-electron chi connectivity index (χ3n) is 3.91. The summed E-state index contributed by atoms with van der Waals surface area (Å²) in [5, 5.41) is 18.3. The van der Waals surface area contributed by atoms with Gasteiger partial charge in [0.05, 0.1) is 6.10 Å². The third kappa shape index (κ3) is 1.73. The Labute approximate surface area is 80.0 Å². The molecule has 2 fully saturated rings. The summed E-state index contributed by atoms with van der Waals surface area (Å²) in [6.07, 6.45) is 7.56. The Balaban J connectivity index is 1.94. The lowest BCUT2D eigenvalue weighted by atomic mass is 9.39. The first-order valence-electron chi connectivity index (χ1n) is 5.32. The fourth-order valence-electron chi connectivity index (χ4n) is 2.99. The van der Waals surface area contributed by atoms with Gasteiger partial charge in [0.25, 0.3) is 6.71 Å². The quantitative estimate of drug-likeness (QED) is 0.574. The van der Waals surface area contributed by atoms with Gasteiger partial charge in [0.2, 0.25) is 0 Å². The Morgan fingerprint density at radius 2 is 2.00 bits per heavy atom. The second kappa shape index (κ2) is 3.34. The standard InChI is InChI=1S/C10H16BNO/c12-8-11-5-3-10(4-6-11)2-1-9(13)7-10/h9,13H,1-7H2/t9-/m0/s1. The largest absolute Gasteiger partial charge is 0.393 e. The van der Waals surface area contributed by atoms with E-state index in [1.165, 1.54) is 19.3 Å². The van der Waals surface area contributed by atoms with Gasteiger partial charge in [-0.05, 0) is 24.7 Å². The minimum absolute atomic E-state index is 0.0568. The number of hydrogen-bond acceptors (Lipinski definition) is 2. The predicted molar refractivity (Wildman–Crippen MR) is 52.5 cm³/mol. The number of rotatable bonds is 0. The van der Waals surface area contributed by atoms with Gasteiger partial charge < -0.3 is 5.11 Å². The van der Waals surface area contributed by atoms with Crippen LogP contribution in [0.15, 0.2) is 0 Å². The lowest BCUT2D eigenvalue weighted by Gasteiger charge is -2.34. The van der Waals surface area contributed by atoms with Gasteiger partial charge in [0.1, 0.15) is 0 Å². The van der Waals surface area contributed by atoms with E-state index in [0.29, 0.717) is 12.1 Å². The molecular formula is C10H16BNO. The number of aliphatic hydroxyl groups excluding tert-OH is 1. The molecule has 1 saturated heterocycles. The molecule has 1 saturated carbocycles. The van der Waals surface area contributed by atoms with Crippen LogP contribution >= 0.6 is 0 Å². The fourth-order valence-corrected chi connectivity index (χ4v) is 2.99. The molecule has 0 amide bonds. The Kier molecular flexibility index (Phi) is 2.34. The molecule has 2 aliphatic rings. The number of nitriles is 1. The highest BCUT2D eigenvalue weighted by atomic mass is 16.3. The zero-order valence-corrected chi connectivity index (χ0v) is 8.00. The average Bonchev–Trinajstić information content (AvgIpc) is 2.49. The van der Waals surface area contributed by atoms with Gasteiger partial charge in [-0.3, -0.25) is 0 Å². The lowest BCUT2D eigenvalue weighted by molar-refractivity contribution is 0.152. The topological polar surface area (TPSA) is 44.0 Å². The first-order valence-corrected chi connectivity index (χ1v) is 5.32. The molecule has 0 aromatic heterocycles. The SMILES string of the molecule is N#CB1CCC2(CC1)CC[C@H](O)C2. The van der Waals surface area contributed by atoms with Crippen molar-refractivity contribution in [2.75, 3.05) is 0 Å². The summed E-state index contributed by atoms with van der Waals surface area (Å²) in [7, 11) is 0. The van der Waals surface area contributed by atoms with Crippen molar-refractivity contribution in [3.8, 4) is 5.97 Å². The van der Waals surface area contributed by atoms with Crippen molar-refractivity contribution in [2.45, 2.75) is 50.8 Å². The van der Waals surface area contributed by atoms with Gasteiger partial charge in [0.15, 0.2) is 0 Å². The maximum atomic E-state index is 9.50. The molecule has 0 bridgehead atoms. The summed E-state index contributed by atoms with van der Waals surface area (Å²) < 4.78 is 0. The highest BCUT2D eigenvalue weighted by molar-refractivity contribution is 6.67. The molecular weight excluding hydrogens is 161 g/mol. The van der Waals surface area contributed by atoms with Gasteiger partial charge in [-0.1, -0.05) is 25.5 Å². The molecule has 1 heterocycles. The molecule has 2 nitrogen and oxygen atoms in total. The molecule has 70 valence electrons. The summed E-state index contributed by atoms with van der Waals surface area (Å²) in [5.41, 5.74) is 0.423. The van der Waals surface area contributed by atoms with Crippen molar-refractivity contribution >= 4 is 6.71 Å². The summed E-state index contributed by atoms with van der Waals surface area (Å²) in [6.45, 7) is 0.295. The zero-order valence-electron chi connectivity index (χ0n) is 8.00. The number of aliphatic hydroxyl groups is 1. The van der Waals surface area contributed by atoms with Crippen molar-refractivity contribution in [1.82, 2.24) is 0 Å². The van der Waals surface area contributed by atoms with Crippen LogP contribution in [-0.4, -0.2) is 17.9 Å². The minimum atomic E-state index is -0.0568. The van der Waals surface area contributed by atoms with Crippen LogP contribution in [0.3, 0.4) is 0 Å². The first kappa shape index (κ1) is 9.08. The third-order valence-corrected chi connectivity index (χ3v) is 3.91. The van der Waals surface area contributed by atoms with Crippen molar-refractivity contribution in [3.63, 3.8) is 0 Å². The Morgan fingerprint density at radius 3 is 2.46 bits per heavy atom. The van der Waals surface area contributed by atoms with E-state index in [1.807, 2.05) is 0 Å². The summed E-state index contributed by atoms with van der Waals surface area (Å²) in [5.74, 6) is 2.36. The predicted octanol–water partition coefficient (Wildman–Crippen LogP) is 1.87. The van der Waals surface area contributed by atoms with Gasteiger partial charge in [0, 0.05) is 5.97 Å². The minimum Gasteiger partial charge on any atom is -0.393 e. The molecule has 0 unspecified atom stereocenters. The van der Waals surface area contributed by atoms with Crippen molar-refractivity contribution in [2.24, 2.45) is 5.41 Å². The summed E-state index contributed by atoms with van der Waals surface area (Å²) in [4.78, 5) is 0. The highest BCUT2D eigenvalue weighted by Gasteiger charge is 2.41. The molecule has 0 radical (unpaired) electrons. The molecule has 0 aromatic rings. The molecule has 1 aliphatic carbocycles. The molecule has 1 N–H and O–H groups in total. The van der Waals surface area contributed by atoms with E-state index in [9.17, 15) is 5.11 Å². The molecule has 1 spiro atoms. The van der Waals surface area contributed by atoms with E-state index in [-0.39, 0.29) is 6.10 Å². The summed E-state index contributed by atoms with van der Waals surface area (Å²) >= 11 is 0. The van der Waals surface area contributed by atoms with Crippen LogP contribution in [0, 0.1) is 16.6 Å². The molecule has 2 rings (SSSR count). The van der Waals surface area contributed by atoms with E-state index in [0.717, 1.165) is 25.5 Å². The van der Waals surface area contributed by atoms with Crippen LogP contribution in [0.1, 0.15) is 32.1 Å². The Bertz CT molecular complexity index is 228. The van der Waals surface area contributed by atoms with Crippen molar-refractivity contribution in [1.29, 1.82) is 5.26 Å². The Morgan fingerprint density at radius 1 is 1.31 bits per heavy atom. The van der Waals surface area contributed by atoms with Crippen LogP contribution in [0.5, 0.6) is 0 Å².